The molecule has 0 saturated heterocycles. The van der Waals surface area contributed by atoms with Crippen molar-refractivity contribution in [1.29, 1.82) is 0 Å². The predicted octanol–water partition coefficient (Wildman–Crippen LogP) is 1.37. The number of nitrogens with zero attached hydrogens (tertiary/aromatic N) is 3. The van der Waals surface area contributed by atoms with Gasteiger partial charge < -0.3 is 15.2 Å². The Bertz CT molecular complexity index is 594. The van der Waals surface area contributed by atoms with Crippen molar-refractivity contribution in [3.05, 3.63) is 30.2 Å². The molecule has 0 unspecified atom stereocenters. The fourth-order valence-electron chi connectivity index (χ4n) is 1.46. The van der Waals surface area contributed by atoms with Gasteiger partial charge in [0, 0.05) is 13.1 Å². The predicted molar refractivity (Wildman–Crippen MR) is 67.9 cm³/mol. The summed E-state index contributed by atoms with van der Waals surface area (Å²) in [7, 11) is 1.77. The van der Waals surface area contributed by atoms with Gasteiger partial charge in [-0.15, -0.1) is 0 Å². The Morgan fingerprint density at radius 3 is 2.89 bits per heavy atom. The molecule has 2 heterocycles. The van der Waals surface area contributed by atoms with Crippen molar-refractivity contribution in [2.24, 2.45) is 7.05 Å². The molecule has 0 aliphatic rings. The number of nitrogens with two attached hydrogens (primary N) is 1. The van der Waals surface area contributed by atoms with Gasteiger partial charge in [0.1, 0.15) is 0 Å². The summed E-state index contributed by atoms with van der Waals surface area (Å²) in [6.45, 7) is 2.00. The van der Waals surface area contributed by atoms with Crippen molar-refractivity contribution in [2.45, 2.75) is 6.92 Å². The minimum atomic E-state index is -0.501. The fraction of sp³-hybridized carbons (Fsp3) is 0.250. The van der Waals surface area contributed by atoms with Crippen molar-refractivity contribution in [3.8, 4) is 11.6 Å². The number of rotatable bonds is 4. The molecule has 0 aromatic carbocycles. The molecule has 0 saturated carbocycles. The third-order valence-electron chi connectivity index (χ3n) is 2.31. The molecular formula is C12H14N4O3. The largest absolute Gasteiger partial charge is 0.462 e. The van der Waals surface area contributed by atoms with Gasteiger partial charge >= 0.3 is 5.97 Å². The molecule has 0 aliphatic carbocycles. The molecule has 2 rings (SSSR count). The number of carbonyl (C=O) groups is 1. The Kier molecular flexibility index (Phi) is 3.65. The number of pyridine rings is 1. The first-order valence-electron chi connectivity index (χ1n) is 5.69. The minimum Gasteiger partial charge on any atom is -0.462 e. The molecule has 0 atom stereocenters. The van der Waals surface area contributed by atoms with Crippen LogP contribution in [0.1, 0.15) is 17.3 Å². The second-order valence-electron chi connectivity index (χ2n) is 3.78. The van der Waals surface area contributed by atoms with E-state index < -0.39 is 5.97 Å². The number of aromatic nitrogens is 3. The van der Waals surface area contributed by atoms with Gasteiger partial charge in [0.25, 0.3) is 0 Å². The van der Waals surface area contributed by atoms with Crippen LogP contribution in [0.4, 0.5) is 5.69 Å². The Morgan fingerprint density at radius 2 is 2.26 bits per heavy atom. The third-order valence-corrected chi connectivity index (χ3v) is 2.31. The van der Waals surface area contributed by atoms with E-state index in [4.69, 9.17) is 15.2 Å². The van der Waals surface area contributed by atoms with E-state index in [9.17, 15) is 4.79 Å². The van der Waals surface area contributed by atoms with Gasteiger partial charge in [0.15, 0.2) is 5.75 Å². The van der Waals surface area contributed by atoms with Gasteiger partial charge in [0.05, 0.1) is 36.4 Å². The van der Waals surface area contributed by atoms with Gasteiger partial charge in [-0.2, -0.15) is 5.10 Å². The highest BCUT2D eigenvalue weighted by molar-refractivity contribution is 5.95. The van der Waals surface area contributed by atoms with Crippen LogP contribution < -0.4 is 10.5 Å². The summed E-state index contributed by atoms with van der Waals surface area (Å²) in [5.74, 6) is 0.276. The SMILES string of the molecule is CCOC(=O)c1cc(Oc2cnn(C)c2)ncc1N. The van der Waals surface area contributed by atoms with E-state index >= 15 is 0 Å². The van der Waals surface area contributed by atoms with Crippen LogP contribution in [-0.4, -0.2) is 27.3 Å². The fourth-order valence-corrected chi connectivity index (χ4v) is 1.46. The maximum absolute atomic E-state index is 11.7. The Balaban J connectivity index is 2.23. The first-order chi connectivity index (χ1) is 9.10. The normalized spacial score (nSPS) is 10.2. The maximum atomic E-state index is 11.7. The average Bonchev–Trinajstić information content (AvgIpc) is 2.77. The standard InChI is InChI=1S/C12H14N4O3/c1-3-18-12(17)9-4-11(14-6-10(9)13)19-8-5-15-16(2)7-8/h4-7H,3,13H2,1-2H3. The van der Waals surface area contributed by atoms with Crippen LogP contribution in [0, 0.1) is 0 Å². The molecule has 7 nitrogen and oxygen atoms in total. The highest BCUT2D eigenvalue weighted by atomic mass is 16.5. The van der Waals surface area contributed by atoms with Crippen LogP contribution in [0.15, 0.2) is 24.7 Å². The van der Waals surface area contributed by atoms with Gasteiger partial charge in [-0.25, -0.2) is 9.78 Å². The van der Waals surface area contributed by atoms with E-state index in [-0.39, 0.29) is 23.7 Å². The number of ether oxygens (including phenoxy) is 2. The smallest absolute Gasteiger partial charge is 0.340 e. The molecule has 2 N–H and O–H groups in total. The molecule has 100 valence electrons. The second-order valence-corrected chi connectivity index (χ2v) is 3.78. The Hall–Kier alpha value is -2.57. The zero-order valence-electron chi connectivity index (χ0n) is 10.7. The summed E-state index contributed by atoms with van der Waals surface area (Å²) in [5.41, 5.74) is 6.16. The summed E-state index contributed by atoms with van der Waals surface area (Å²) < 4.78 is 12.0. The second kappa shape index (κ2) is 5.38. The number of carbonyl (C=O) groups excluding carboxylic acids is 1. The maximum Gasteiger partial charge on any atom is 0.340 e. The van der Waals surface area contributed by atoms with Gasteiger partial charge in [0.2, 0.25) is 5.88 Å². The first-order valence-corrected chi connectivity index (χ1v) is 5.69. The lowest BCUT2D eigenvalue weighted by atomic mass is 10.2. The molecule has 0 aliphatic heterocycles. The molecule has 0 fully saturated rings. The quantitative estimate of drug-likeness (QED) is 0.836. The summed E-state index contributed by atoms with van der Waals surface area (Å²) >= 11 is 0. The van der Waals surface area contributed by atoms with Crippen LogP contribution in [0.25, 0.3) is 0 Å². The number of nitrogen functional groups attached to an aromatic ring is 1. The van der Waals surface area contributed by atoms with Crippen molar-refractivity contribution in [3.63, 3.8) is 0 Å². The Morgan fingerprint density at radius 1 is 1.47 bits per heavy atom. The van der Waals surface area contributed by atoms with E-state index in [1.165, 1.54) is 12.3 Å². The number of hydrogen-bond donors (Lipinski definition) is 1. The number of aryl methyl sites for hydroxylation is 1. The van der Waals surface area contributed by atoms with E-state index in [0.717, 1.165) is 0 Å². The first kappa shape index (κ1) is 12.9. The molecule has 0 spiro atoms. The summed E-state index contributed by atoms with van der Waals surface area (Å²) in [4.78, 5) is 15.7. The highest BCUT2D eigenvalue weighted by Crippen LogP contribution is 2.22. The zero-order chi connectivity index (χ0) is 13.8. The van der Waals surface area contributed by atoms with Crippen molar-refractivity contribution < 1.29 is 14.3 Å². The highest BCUT2D eigenvalue weighted by Gasteiger charge is 2.13. The lowest BCUT2D eigenvalue weighted by Crippen LogP contribution is -2.08. The molecule has 19 heavy (non-hydrogen) atoms. The van der Waals surface area contributed by atoms with Crippen LogP contribution in [0.2, 0.25) is 0 Å². The van der Waals surface area contributed by atoms with Crippen molar-refractivity contribution >= 4 is 11.7 Å². The van der Waals surface area contributed by atoms with Gasteiger partial charge in [-0.05, 0) is 6.92 Å². The number of hydrogen-bond acceptors (Lipinski definition) is 6. The molecule has 2 aromatic heterocycles. The van der Waals surface area contributed by atoms with E-state index in [2.05, 4.69) is 10.1 Å². The van der Waals surface area contributed by atoms with Gasteiger partial charge in [-0.3, -0.25) is 4.68 Å². The summed E-state index contributed by atoms with van der Waals surface area (Å²) in [6, 6.07) is 1.44. The van der Waals surface area contributed by atoms with Crippen LogP contribution in [0.3, 0.4) is 0 Å². The zero-order valence-corrected chi connectivity index (χ0v) is 10.7. The topological polar surface area (TPSA) is 92.3 Å². The average molecular weight is 262 g/mol. The number of anilines is 1. The van der Waals surface area contributed by atoms with Crippen LogP contribution >= 0.6 is 0 Å². The summed E-state index contributed by atoms with van der Waals surface area (Å²) in [6.07, 6.45) is 4.59. The third kappa shape index (κ3) is 3.01. The van der Waals surface area contributed by atoms with Gasteiger partial charge in [-0.1, -0.05) is 0 Å². The van der Waals surface area contributed by atoms with Crippen LogP contribution in [-0.2, 0) is 11.8 Å². The molecule has 7 heteroatoms. The molecule has 2 aromatic rings. The lowest BCUT2D eigenvalue weighted by Gasteiger charge is -2.07. The molecular weight excluding hydrogens is 248 g/mol. The van der Waals surface area contributed by atoms with Crippen molar-refractivity contribution in [1.82, 2.24) is 14.8 Å². The summed E-state index contributed by atoms with van der Waals surface area (Å²) in [5, 5.41) is 3.96. The monoisotopic (exact) mass is 262 g/mol. The molecule has 0 radical (unpaired) electrons. The van der Waals surface area contributed by atoms with Crippen LogP contribution in [0.5, 0.6) is 11.6 Å². The number of esters is 1. The Labute approximate surface area is 110 Å². The lowest BCUT2D eigenvalue weighted by molar-refractivity contribution is 0.0527. The molecule has 0 amide bonds. The van der Waals surface area contributed by atoms with E-state index in [1.807, 2.05) is 0 Å². The van der Waals surface area contributed by atoms with Crippen molar-refractivity contribution in [2.75, 3.05) is 12.3 Å². The van der Waals surface area contributed by atoms with E-state index in [0.29, 0.717) is 5.75 Å². The minimum absolute atomic E-state index is 0.232. The van der Waals surface area contributed by atoms with E-state index in [1.54, 1.807) is 31.0 Å². The molecule has 0 bridgehead atoms.